The summed E-state index contributed by atoms with van der Waals surface area (Å²) in [6.07, 6.45) is 1.31. The number of benzene rings is 2. The topological polar surface area (TPSA) is 121 Å². The van der Waals surface area contributed by atoms with Gasteiger partial charge in [-0.05, 0) is 37.3 Å². The Labute approximate surface area is 173 Å². The van der Waals surface area contributed by atoms with Crippen molar-refractivity contribution in [2.24, 2.45) is 0 Å². The minimum atomic E-state index is -4.25. The van der Waals surface area contributed by atoms with Gasteiger partial charge in [-0.15, -0.1) is 0 Å². The van der Waals surface area contributed by atoms with Gasteiger partial charge in [0, 0.05) is 28.6 Å². The maximum absolute atomic E-state index is 13.4. The van der Waals surface area contributed by atoms with E-state index in [1.165, 1.54) is 24.4 Å². The summed E-state index contributed by atoms with van der Waals surface area (Å²) >= 11 is 0. The number of esters is 1. The van der Waals surface area contributed by atoms with Crippen LogP contribution >= 0.6 is 0 Å². The summed E-state index contributed by atoms with van der Waals surface area (Å²) in [6.45, 7) is 1.74. The number of hydrogen-bond acceptors (Lipinski definition) is 5. The zero-order chi connectivity index (χ0) is 22.3. The van der Waals surface area contributed by atoms with E-state index in [1.807, 2.05) is 0 Å². The second-order valence-electron chi connectivity index (χ2n) is 6.60. The van der Waals surface area contributed by atoms with Crippen LogP contribution < -0.4 is 10.3 Å². The number of halogens is 2. The molecule has 0 unspecified atom stereocenters. The maximum Gasteiger partial charge on any atom is 0.340 e. The van der Waals surface area contributed by atoms with Gasteiger partial charge < -0.3 is 14.7 Å². The monoisotopic (exact) mass is 447 g/mol. The number of aromatic amines is 2. The number of hydrogen-bond donors (Lipinski definition) is 3. The van der Waals surface area contributed by atoms with Crippen LogP contribution in [0.15, 0.2) is 52.3 Å². The van der Waals surface area contributed by atoms with Crippen molar-refractivity contribution in [3.8, 4) is 0 Å². The molecule has 0 aliphatic heterocycles. The van der Waals surface area contributed by atoms with Gasteiger partial charge in [0.05, 0.1) is 22.8 Å². The van der Waals surface area contributed by atoms with E-state index in [2.05, 4.69) is 14.7 Å². The molecule has 0 spiro atoms. The molecule has 11 heteroatoms. The van der Waals surface area contributed by atoms with Gasteiger partial charge in [0.2, 0.25) is 0 Å². The third-order valence-corrected chi connectivity index (χ3v) is 5.92. The summed E-state index contributed by atoms with van der Waals surface area (Å²) in [7, 11) is -4.25. The third-order valence-electron chi connectivity index (χ3n) is 4.54. The fourth-order valence-electron chi connectivity index (χ4n) is 3.27. The third kappa shape index (κ3) is 3.75. The Morgan fingerprint density at radius 1 is 1.13 bits per heavy atom. The average Bonchev–Trinajstić information content (AvgIpc) is 3.13. The quantitative estimate of drug-likeness (QED) is 0.406. The number of carbonyl (C=O) groups is 1. The highest BCUT2D eigenvalue weighted by molar-refractivity contribution is 7.92. The highest BCUT2D eigenvalue weighted by Crippen LogP contribution is 2.28. The molecule has 2 heterocycles. The van der Waals surface area contributed by atoms with Gasteiger partial charge in [-0.3, -0.25) is 9.52 Å². The average molecular weight is 447 g/mol. The summed E-state index contributed by atoms with van der Waals surface area (Å²) < 4.78 is 59.6. The van der Waals surface area contributed by atoms with E-state index in [-0.39, 0.29) is 39.0 Å². The van der Waals surface area contributed by atoms with Crippen molar-refractivity contribution in [2.75, 3.05) is 11.3 Å². The summed E-state index contributed by atoms with van der Waals surface area (Å²) in [5.41, 5.74) is -0.355. The van der Waals surface area contributed by atoms with Crippen LogP contribution in [0.25, 0.3) is 21.8 Å². The smallest absolute Gasteiger partial charge is 0.340 e. The van der Waals surface area contributed by atoms with Gasteiger partial charge in [-0.1, -0.05) is 0 Å². The molecule has 8 nitrogen and oxygen atoms in total. The molecule has 0 saturated carbocycles. The molecule has 31 heavy (non-hydrogen) atoms. The van der Waals surface area contributed by atoms with Crippen LogP contribution in [0.1, 0.15) is 17.3 Å². The lowest BCUT2D eigenvalue weighted by Gasteiger charge is -2.10. The molecular formula is C20H15F2N3O5S. The molecule has 0 bridgehead atoms. The first-order valence-corrected chi connectivity index (χ1v) is 10.5. The Morgan fingerprint density at radius 2 is 1.84 bits per heavy atom. The highest BCUT2D eigenvalue weighted by Gasteiger charge is 2.21. The van der Waals surface area contributed by atoms with Gasteiger partial charge in [0.15, 0.2) is 0 Å². The molecule has 0 saturated heterocycles. The molecule has 0 radical (unpaired) electrons. The van der Waals surface area contributed by atoms with Crippen molar-refractivity contribution < 1.29 is 26.7 Å². The van der Waals surface area contributed by atoms with Crippen LogP contribution in [0, 0.1) is 11.6 Å². The lowest BCUT2D eigenvalue weighted by atomic mass is 10.1. The van der Waals surface area contributed by atoms with Crippen molar-refractivity contribution in [1.82, 2.24) is 9.97 Å². The molecule has 0 aliphatic carbocycles. The number of anilines is 1. The van der Waals surface area contributed by atoms with E-state index in [0.717, 1.165) is 12.1 Å². The second-order valence-corrected chi connectivity index (χ2v) is 8.28. The first-order valence-electron chi connectivity index (χ1n) is 9.03. The van der Waals surface area contributed by atoms with Crippen molar-refractivity contribution in [2.45, 2.75) is 11.8 Å². The molecule has 4 rings (SSSR count). The summed E-state index contributed by atoms with van der Waals surface area (Å²) in [4.78, 5) is 29.7. The number of sulfonamides is 1. The predicted molar refractivity (Wildman–Crippen MR) is 110 cm³/mol. The maximum atomic E-state index is 13.4. The predicted octanol–water partition coefficient (Wildman–Crippen LogP) is 3.27. The SMILES string of the molecule is CCOC(=O)c1c[nH]c2c(=O)[nH]c3ccc(S(=O)(=O)Nc4cc(F)cc(F)c4)cc3c12. The van der Waals surface area contributed by atoms with E-state index < -0.39 is 33.2 Å². The molecule has 2 aromatic heterocycles. The standard InChI is InChI=1S/C20H15F2N3O5S/c1-2-30-20(27)15-9-23-18-17(15)14-8-13(3-4-16(14)24-19(18)26)31(28,29)25-12-6-10(21)5-11(22)7-12/h3-9,23,25H,2H2,1H3,(H,24,26). The lowest BCUT2D eigenvalue weighted by Crippen LogP contribution is -2.14. The number of pyridine rings is 1. The van der Waals surface area contributed by atoms with E-state index >= 15 is 0 Å². The zero-order valence-corrected chi connectivity index (χ0v) is 16.8. The van der Waals surface area contributed by atoms with E-state index in [1.54, 1.807) is 6.92 Å². The second kappa shape index (κ2) is 7.51. The van der Waals surface area contributed by atoms with Crippen LogP contribution in [0.2, 0.25) is 0 Å². The fourth-order valence-corrected chi connectivity index (χ4v) is 4.34. The van der Waals surface area contributed by atoms with E-state index in [9.17, 15) is 26.8 Å². The lowest BCUT2D eigenvalue weighted by molar-refractivity contribution is 0.0529. The number of fused-ring (bicyclic) bond motifs is 3. The molecule has 0 fully saturated rings. The van der Waals surface area contributed by atoms with Crippen molar-refractivity contribution in [3.63, 3.8) is 0 Å². The molecule has 2 aromatic carbocycles. The Hall–Kier alpha value is -3.73. The first kappa shape index (κ1) is 20.5. The summed E-state index contributed by atoms with van der Waals surface area (Å²) in [6, 6.07) is 6.12. The Bertz CT molecular complexity index is 1490. The molecule has 0 atom stereocenters. The summed E-state index contributed by atoms with van der Waals surface area (Å²) in [5.74, 6) is -2.56. The molecule has 3 N–H and O–H groups in total. The summed E-state index contributed by atoms with van der Waals surface area (Å²) in [5, 5.41) is 0.471. The van der Waals surface area contributed by atoms with Gasteiger partial charge >= 0.3 is 5.97 Å². The molecule has 0 aliphatic rings. The Balaban J connectivity index is 1.89. The highest BCUT2D eigenvalue weighted by atomic mass is 32.2. The van der Waals surface area contributed by atoms with Crippen molar-refractivity contribution in [3.05, 3.63) is 70.1 Å². The Kier molecular flexibility index (Phi) is 4.97. The zero-order valence-electron chi connectivity index (χ0n) is 16.0. The van der Waals surface area contributed by atoms with Gasteiger partial charge in [0.25, 0.3) is 15.6 Å². The molecule has 4 aromatic rings. The van der Waals surface area contributed by atoms with Gasteiger partial charge in [-0.2, -0.15) is 0 Å². The molecule has 160 valence electrons. The Morgan fingerprint density at radius 3 is 2.52 bits per heavy atom. The molecular weight excluding hydrogens is 432 g/mol. The number of H-pyrrole nitrogens is 2. The molecule has 0 amide bonds. The van der Waals surface area contributed by atoms with Crippen LogP contribution in [-0.2, 0) is 14.8 Å². The van der Waals surface area contributed by atoms with E-state index in [0.29, 0.717) is 11.6 Å². The number of aromatic nitrogens is 2. The van der Waals surface area contributed by atoms with Gasteiger partial charge in [0.1, 0.15) is 17.2 Å². The van der Waals surface area contributed by atoms with Crippen molar-refractivity contribution >= 4 is 43.5 Å². The van der Waals surface area contributed by atoms with Crippen LogP contribution in [0.4, 0.5) is 14.5 Å². The number of ether oxygens (including phenoxy) is 1. The number of carbonyl (C=O) groups excluding carboxylic acids is 1. The number of rotatable bonds is 5. The first-order chi connectivity index (χ1) is 14.7. The van der Waals surface area contributed by atoms with Crippen LogP contribution in [0.3, 0.4) is 0 Å². The van der Waals surface area contributed by atoms with Crippen LogP contribution in [0.5, 0.6) is 0 Å². The minimum absolute atomic E-state index is 0.0719. The minimum Gasteiger partial charge on any atom is -0.462 e. The van der Waals surface area contributed by atoms with Crippen LogP contribution in [-0.4, -0.2) is 31.0 Å². The normalized spacial score (nSPS) is 11.7. The fraction of sp³-hybridized carbons (Fsp3) is 0.100. The largest absolute Gasteiger partial charge is 0.462 e. The van der Waals surface area contributed by atoms with Gasteiger partial charge in [-0.25, -0.2) is 22.0 Å². The number of nitrogens with one attached hydrogen (secondary N) is 3. The van der Waals surface area contributed by atoms with E-state index in [4.69, 9.17) is 4.74 Å². The van der Waals surface area contributed by atoms with Crippen molar-refractivity contribution in [1.29, 1.82) is 0 Å².